The van der Waals surface area contributed by atoms with Crippen molar-refractivity contribution in [1.29, 1.82) is 0 Å². The van der Waals surface area contributed by atoms with Gasteiger partial charge in [-0.25, -0.2) is 0 Å². The molecular formula is C26H35N. The molecule has 2 aliphatic rings. The molecule has 0 bridgehead atoms. The fraction of sp³-hybridized carbons (Fsp3) is 0.538. The number of aryl methyl sites for hydroxylation is 1. The normalized spacial score (nSPS) is 28.8. The summed E-state index contributed by atoms with van der Waals surface area (Å²) in [4.78, 5) is 0. The van der Waals surface area contributed by atoms with Crippen molar-refractivity contribution < 1.29 is 0 Å². The van der Waals surface area contributed by atoms with E-state index in [1.807, 2.05) is 0 Å². The molecule has 1 heteroatoms. The number of nitrogens with two attached hydrogens (primary N) is 1. The molecule has 2 N–H and O–H groups in total. The number of benzene rings is 2. The van der Waals surface area contributed by atoms with Crippen molar-refractivity contribution in [1.82, 2.24) is 0 Å². The second kappa shape index (κ2) is 8.09. The van der Waals surface area contributed by atoms with Crippen molar-refractivity contribution in [2.45, 2.75) is 71.1 Å². The molecule has 0 amide bonds. The van der Waals surface area contributed by atoms with Crippen LogP contribution in [0.3, 0.4) is 0 Å². The second-order valence-electron chi connectivity index (χ2n) is 9.33. The van der Waals surface area contributed by atoms with Gasteiger partial charge in [-0.15, -0.1) is 0 Å². The molecule has 0 aromatic heterocycles. The summed E-state index contributed by atoms with van der Waals surface area (Å²) in [5.74, 6) is 3.76. The molecule has 2 fully saturated rings. The van der Waals surface area contributed by atoms with Crippen LogP contribution in [-0.2, 0) is 0 Å². The van der Waals surface area contributed by atoms with E-state index in [1.54, 1.807) is 0 Å². The molecule has 0 atom stereocenters. The minimum atomic E-state index is 0.765. The van der Waals surface area contributed by atoms with Gasteiger partial charge in [0.15, 0.2) is 0 Å². The van der Waals surface area contributed by atoms with E-state index in [2.05, 4.69) is 56.3 Å². The Bertz CT molecular complexity index is 744. The molecule has 2 aromatic rings. The third-order valence-corrected chi connectivity index (χ3v) is 7.49. The van der Waals surface area contributed by atoms with Gasteiger partial charge in [0.05, 0.1) is 0 Å². The van der Waals surface area contributed by atoms with Crippen molar-refractivity contribution in [3.05, 3.63) is 53.6 Å². The largest absolute Gasteiger partial charge is 0.398 e. The predicted octanol–water partition coefficient (Wildman–Crippen LogP) is 7.34. The summed E-state index contributed by atoms with van der Waals surface area (Å²) < 4.78 is 0. The molecule has 0 unspecified atom stereocenters. The summed E-state index contributed by atoms with van der Waals surface area (Å²) in [5, 5.41) is 0. The van der Waals surface area contributed by atoms with Gasteiger partial charge < -0.3 is 5.73 Å². The van der Waals surface area contributed by atoms with Crippen molar-refractivity contribution in [2.75, 3.05) is 5.73 Å². The molecule has 0 aliphatic heterocycles. The summed E-state index contributed by atoms with van der Waals surface area (Å²) in [6, 6.07) is 15.7. The van der Waals surface area contributed by atoms with Crippen LogP contribution in [-0.4, -0.2) is 0 Å². The maximum atomic E-state index is 6.09. The first-order valence-electron chi connectivity index (χ1n) is 11.1. The Labute approximate surface area is 165 Å². The third kappa shape index (κ3) is 4.23. The highest BCUT2D eigenvalue weighted by Crippen LogP contribution is 2.44. The van der Waals surface area contributed by atoms with Crippen LogP contribution in [0.2, 0.25) is 0 Å². The maximum Gasteiger partial charge on any atom is 0.0349 e. The van der Waals surface area contributed by atoms with Crippen molar-refractivity contribution in [3.63, 3.8) is 0 Å². The molecular weight excluding hydrogens is 326 g/mol. The van der Waals surface area contributed by atoms with E-state index < -0.39 is 0 Å². The molecule has 0 spiro atoms. The number of hydrogen-bond acceptors (Lipinski definition) is 1. The van der Waals surface area contributed by atoms with Crippen molar-refractivity contribution >= 4 is 5.69 Å². The fourth-order valence-electron chi connectivity index (χ4n) is 5.45. The van der Waals surface area contributed by atoms with Gasteiger partial charge in [-0.3, -0.25) is 0 Å². The zero-order chi connectivity index (χ0) is 18.8. The van der Waals surface area contributed by atoms with E-state index in [0.717, 1.165) is 34.9 Å². The molecule has 2 aliphatic carbocycles. The average Bonchev–Trinajstić information content (AvgIpc) is 2.71. The minimum Gasteiger partial charge on any atom is -0.398 e. The van der Waals surface area contributed by atoms with E-state index in [0.29, 0.717) is 0 Å². The molecule has 0 heterocycles. The van der Waals surface area contributed by atoms with E-state index >= 15 is 0 Å². The summed E-state index contributed by atoms with van der Waals surface area (Å²) in [6.07, 6.45) is 11.6. The van der Waals surface area contributed by atoms with E-state index in [-0.39, 0.29) is 0 Å². The first-order valence-corrected chi connectivity index (χ1v) is 11.1. The lowest BCUT2D eigenvalue weighted by Gasteiger charge is -2.37. The highest BCUT2D eigenvalue weighted by Gasteiger charge is 2.30. The van der Waals surface area contributed by atoms with Crippen LogP contribution in [0.25, 0.3) is 11.1 Å². The Hall–Kier alpha value is -1.76. The van der Waals surface area contributed by atoms with Crippen LogP contribution in [0.5, 0.6) is 0 Å². The van der Waals surface area contributed by atoms with E-state index in [1.165, 1.54) is 68.1 Å². The van der Waals surface area contributed by atoms with Crippen molar-refractivity contribution in [3.8, 4) is 11.1 Å². The highest BCUT2D eigenvalue weighted by molar-refractivity contribution is 5.69. The first-order chi connectivity index (χ1) is 13.1. The molecule has 0 saturated heterocycles. The lowest BCUT2D eigenvalue weighted by atomic mass is 9.68. The second-order valence-corrected chi connectivity index (χ2v) is 9.33. The quantitative estimate of drug-likeness (QED) is 0.568. The van der Waals surface area contributed by atoms with Gasteiger partial charge >= 0.3 is 0 Å². The van der Waals surface area contributed by atoms with E-state index in [4.69, 9.17) is 5.73 Å². The monoisotopic (exact) mass is 361 g/mol. The molecule has 27 heavy (non-hydrogen) atoms. The molecule has 2 saturated carbocycles. The maximum absolute atomic E-state index is 6.09. The Morgan fingerprint density at radius 3 is 1.85 bits per heavy atom. The SMILES string of the molecule is Cc1ccc(-c2ccc(C3CCC(C4CCC(C)CC4)CC3)cc2)cc1N. The van der Waals surface area contributed by atoms with Gasteiger partial charge in [0.1, 0.15) is 0 Å². The summed E-state index contributed by atoms with van der Waals surface area (Å²) in [6.45, 7) is 4.49. The van der Waals surface area contributed by atoms with Gasteiger partial charge in [0, 0.05) is 5.69 Å². The summed E-state index contributed by atoms with van der Waals surface area (Å²) in [7, 11) is 0. The topological polar surface area (TPSA) is 26.0 Å². The highest BCUT2D eigenvalue weighted by atomic mass is 14.6. The van der Waals surface area contributed by atoms with Crippen LogP contribution in [0.15, 0.2) is 42.5 Å². The summed E-state index contributed by atoms with van der Waals surface area (Å²) >= 11 is 0. The van der Waals surface area contributed by atoms with Gasteiger partial charge in [-0.1, -0.05) is 56.2 Å². The van der Waals surface area contributed by atoms with Gasteiger partial charge in [-0.05, 0) is 97.4 Å². The minimum absolute atomic E-state index is 0.765. The molecule has 0 radical (unpaired) electrons. The third-order valence-electron chi connectivity index (χ3n) is 7.49. The molecule has 4 rings (SSSR count). The van der Waals surface area contributed by atoms with Gasteiger partial charge in [0.25, 0.3) is 0 Å². The lowest BCUT2D eigenvalue weighted by Crippen LogP contribution is -2.24. The Morgan fingerprint density at radius 1 is 0.704 bits per heavy atom. The fourth-order valence-corrected chi connectivity index (χ4v) is 5.45. The number of nitrogen functional groups attached to an aromatic ring is 1. The Balaban J connectivity index is 1.36. The molecule has 1 nitrogen and oxygen atoms in total. The Morgan fingerprint density at radius 2 is 1.26 bits per heavy atom. The van der Waals surface area contributed by atoms with Gasteiger partial charge in [-0.2, -0.15) is 0 Å². The lowest BCUT2D eigenvalue weighted by molar-refractivity contribution is 0.165. The summed E-state index contributed by atoms with van der Waals surface area (Å²) in [5.41, 5.74) is 12.2. The number of hydrogen-bond donors (Lipinski definition) is 1. The van der Waals surface area contributed by atoms with Crippen LogP contribution >= 0.6 is 0 Å². The molecule has 144 valence electrons. The van der Waals surface area contributed by atoms with Crippen molar-refractivity contribution in [2.24, 2.45) is 17.8 Å². The van der Waals surface area contributed by atoms with Crippen LogP contribution < -0.4 is 5.73 Å². The first kappa shape index (κ1) is 18.6. The number of rotatable bonds is 3. The zero-order valence-electron chi connectivity index (χ0n) is 17.1. The van der Waals surface area contributed by atoms with Gasteiger partial charge in [0.2, 0.25) is 0 Å². The average molecular weight is 362 g/mol. The zero-order valence-corrected chi connectivity index (χ0v) is 17.1. The van der Waals surface area contributed by atoms with Crippen LogP contribution in [0, 0.1) is 24.7 Å². The van der Waals surface area contributed by atoms with Crippen LogP contribution in [0.4, 0.5) is 5.69 Å². The smallest absolute Gasteiger partial charge is 0.0349 e. The standard InChI is InChI=1S/C26H35N/c1-18-3-6-20(7-4-18)21-9-11-22(12-10-21)23-13-15-24(16-14-23)25-8-5-19(2)26(27)17-25/h5,8,13-18,20-22H,3-4,6-7,9-12,27H2,1-2H3. The van der Waals surface area contributed by atoms with E-state index in [9.17, 15) is 0 Å². The predicted molar refractivity (Wildman–Crippen MR) is 117 cm³/mol. The molecule has 2 aromatic carbocycles. The number of anilines is 1. The Kier molecular flexibility index (Phi) is 5.57. The van der Waals surface area contributed by atoms with Crippen LogP contribution in [0.1, 0.15) is 75.3 Å².